The van der Waals surface area contributed by atoms with Gasteiger partial charge in [0, 0.05) is 18.2 Å². The lowest BCUT2D eigenvalue weighted by Gasteiger charge is -2.28. The van der Waals surface area contributed by atoms with Gasteiger partial charge in [-0.05, 0) is 70.7 Å². The molecule has 0 saturated heterocycles. The van der Waals surface area contributed by atoms with Gasteiger partial charge in [-0.1, -0.05) is 0 Å². The number of pyridine rings is 1. The van der Waals surface area contributed by atoms with Crippen LogP contribution in [-0.4, -0.2) is 29.2 Å². The number of nitrogens with zero attached hydrogens (tertiary/aromatic N) is 1. The van der Waals surface area contributed by atoms with E-state index in [4.69, 9.17) is 9.47 Å². The first kappa shape index (κ1) is 17.7. The van der Waals surface area contributed by atoms with Gasteiger partial charge < -0.3 is 14.8 Å². The van der Waals surface area contributed by atoms with E-state index < -0.39 is 5.60 Å². The summed E-state index contributed by atoms with van der Waals surface area (Å²) < 4.78 is 11.7. The number of amides is 1. The number of benzene rings is 1. The smallest absolute Gasteiger partial charge is 0.256 e. The minimum Gasteiger partial charge on any atom is -0.489 e. The van der Waals surface area contributed by atoms with E-state index in [9.17, 15) is 4.79 Å². The molecule has 0 aliphatic heterocycles. The molecule has 0 spiro atoms. The first-order valence-electron chi connectivity index (χ1n) is 8.95. The van der Waals surface area contributed by atoms with Crippen LogP contribution in [0.15, 0.2) is 30.5 Å². The molecule has 134 valence electrons. The van der Waals surface area contributed by atoms with Crippen LogP contribution >= 0.6 is 0 Å². The van der Waals surface area contributed by atoms with E-state index in [2.05, 4.69) is 10.3 Å². The molecule has 25 heavy (non-hydrogen) atoms. The molecule has 0 bridgehead atoms. The number of rotatable bonds is 7. The standard InChI is InChI=1S/C20H26N2O3/c1-5-24-20(4,14-8-9-14)19(23)22-16-10-11-17(25-13(2)3)18-15(16)7-6-12-21-18/h6-7,10-14H,5,8-9H2,1-4H3,(H,22,23)/t20-/m0/s1. The van der Waals surface area contributed by atoms with Crippen molar-refractivity contribution >= 4 is 22.5 Å². The van der Waals surface area contributed by atoms with Crippen molar-refractivity contribution in [2.45, 2.75) is 52.2 Å². The lowest BCUT2D eigenvalue weighted by atomic mass is 9.98. The van der Waals surface area contributed by atoms with Crippen LogP contribution in [0.5, 0.6) is 5.75 Å². The molecule has 1 N–H and O–H groups in total. The number of fused-ring (bicyclic) bond motifs is 1. The van der Waals surface area contributed by atoms with Gasteiger partial charge in [0.2, 0.25) is 0 Å². The Morgan fingerprint density at radius 1 is 1.36 bits per heavy atom. The zero-order valence-electron chi connectivity index (χ0n) is 15.3. The van der Waals surface area contributed by atoms with E-state index in [0.29, 0.717) is 12.5 Å². The zero-order chi connectivity index (χ0) is 18.0. The second kappa shape index (κ2) is 7.00. The lowest BCUT2D eigenvalue weighted by molar-refractivity contribution is -0.141. The van der Waals surface area contributed by atoms with E-state index in [1.54, 1.807) is 6.20 Å². The van der Waals surface area contributed by atoms with Crippen molar-refractivity contribution in [1.29, 1.82) is 0 Å². The molecule has 1 aliphatic rings. The number of anilines is 1. The normalized spacial score (nSPS) is 16.7. The van der Waals surface area contributed by atoms with Crippen LogP contribution in [0.1, 0.15) is 40.5 Å². The van der Waals surface area contributed by atoms with Gasteiger partial charge in [-0.3, -0.25) is 9.78 Å². The van der Waals surface area contributed by atoms with Gasteiger partial charge in [0.25, 0.3) is 5.91 Å². The number of hydrogen-bond donors (Lipinski definition) is 1. The molecule has 5 heteroatoms. The molecule has 5 nitrogen and oxygen atoms in total. The number of hydrogen-bond acceptors (Lipinski definition) is 4. The van der Waals surface area contributed by atoms with Crippen molar-refractivity contribution in [1.82, 2.24) is 4.98 Å². The fourth-order valence-corrected chi connectivity index (χ4v) is 3.15. The molecule has 1 heterocycles. The van der Waals surface area contributed by atoms with Gasteiger partial charge in [0.1, 0.15) is 16.9 Å². The number of aromatic nitrogens is 1. The molecule has 0 radical (unpaired) electrons. The molecular formula is C20H26N2O3. The number of ether oxygens (including phenoxy) is 2. The Kier molecular flexibility index (Phi) is 4.95. The summed E-state index contributed by atoms with van der Waals surface area (Å²) in [6.45, 7) is 8.29. The van der Waals surface area contributed by atoms with Crippen LogP contribution in [0, 0.1) is 5.92 Å². The van der Waals surface area contributed by atoms with E-state index in [1.807, 2.05) is 52.0 Å². The summed E-state index contributed by atoms with van der Waals surface area (Å²) in [6.07, 6.45) is 3.86. The van der Waals surface area contributed by atoms with Gasteiger partial charge in [0.15, 0.2) is 0 Å². The average Bonchev–Trinajstić information content (AvgIpc) is 3.42. The highest BCUT2D eigenvalue weighted by atomic mass is 16.5. The summed E-state index contributed by atoms with van der Waals surface area (Å²) >= 11 is 0. The maximum absolute atomic E-state index is 12.9. The van der Waals surface area contributed by atoms with E-state index in [0.717, 1.165) is 35.2 Å². The minimum atomic E-state index is -0.781. The zero-order valence-corrected chi connectivity index (χ0v) is 15.3. The highest BCUT2D eigenvalue weighted by Gasteiger charge is 2.48. The Morgan fingerprint density at radius 3 is 2.76 bits per heavy atom. The summed E-state index contributed by atoms with van der Waals surface area (Å²) in [5.74, 6) is 0.915. The molecule has 1 saturated carbocycles. The highest BCUT2D eigenvalue weighted by Crippen LogP contribution is 2.43. The van der Waals surface area contributed by atoms with E-state index >= 15 is 0 Å². The number of nitrogens with one attached hydrogen (secondary N) is 1. The molecule has 0 unspecified atom stereocenters. The average molecular weight is 342 g/mol. The fourth-order valence-electron chi connectivity index (χ4n) is 3.15. The van der Waals surface area contributed by atoms with Crippen LogP contribution in [0.3, 0.4) is 0 Å². The Balaban J connectivity index is 1.92. The molecule has 1 aliphatic carbocycles. The highest BCUT2D eigenvalue weighted by molar-refractivity contribution is 6.05. The van der Waals surface area contributed by atoms with Crippen LogP contribution in [-0.2, 0) is 9.53 Å². The van der Waals surface area contributed by atoms with Crippen molar-refractivity contribution < 1.29 is 14.3 Å². The predicted octanol–water partition coefficient (Wildman–Crippen LogP) is 4.17. The number of carbonyl (C=O) groups excluding carboxylic acids is 1. The van der Waals surface area contributed by atoms with E-state index in [-0.39, 0.29) is 12.0 Å². The third-order valence-electron chi connectivity index (χ3n) is 4.59. The Bertz CT molecular complexity index is 771. The molecule has 1 amide bonds. The Morgan fingerprint density at radius 2 is 2.12 bits per heavy atom. The monoisotopic (exact) mass is 342 g/mol. The van der Waals surface area contributed by atoms with Crippen molar-refractivity contribution in [3.05, 3.63) is 30.5 Å². The van der Waals surface area contributed by atoms with Gasteiger partial charge >= 0.3 is 0 Å². The first-order valence-corrected chi connectivity index (χ1v) is 8.95. The fraction of sp³-hybridized carbons (Fsp3) is 0.500. The third kappa shape index (κ3) is 3.61. The van der Waals surface area contributed by atoms with Crippen molar-refractivity contribution in [3.8, 4) is 5.75 Å². The molecule has 1 aromatic carbocycles. The Hall–Kier alpha value is -2.14. The summed E-state index contributed by atoms with van der Waals surface area (Å²) in [6, 6.07) is 7.54. The third-order valence-corrected chi connectivity index (χ3v) is 4.59. The summed E-state index contributed by atoms with van der Waals surface area (Å²) in [7, 11) is 0. The molecule has 1 aromatic heterocycles. The van der Waals surface area contributed by atoms with Crippen LogP contribution in [0.2, 0.25) is 0 Å². The van der Waals surface area contributed by atoms with Gasteiger partial charge in [-0.15, -0.1) is 0 Å². The van der Waals surface area contributed by atoms with Crippen molar-refractivity contribution in [2.24, 2.45) is 5.92 Å². The van der Waals surface area contributed by atoms with Crippen molar-refractivity contribution in [2.75, 3.05) is 11.9 Å². The largest absolute Gasteiger partial charge is 0.489 e. The molecule has 3 rings (SSSR count). The summed E-state index contributed by atoms with van der Waals surface area (Å²) in [5.41, 5.74) is 0.699. The molecule has 1 fully saturated rings. The predicted molar refractivity (Wildman–Crippen MR) is 98.9 cm³/mol. The van der Waals surface area contributed by atoms with Crippen LogP contribution in [0.4, 0.5) is 5.69 Å². The molecule has 2 aromatic rings. The lowest BCUT2D eigenvalue weighted by Crippen LogP contribution is -2.44. The van der Waals surface area contributed by atoms with Gasteiger partial charge in [-0.2, -0.15) is 0 Å². The summed E-state index contributed by atoms with van der Waals surface area (Å²) in [5, 5.41) is 3.92. The Labute approximate surface area is 148 Å². The second-order valence-electron chi connectivity index (χ2n) is 6.95. The SMILES string of the molecule is CCO[C@](C)(C(=O)Nc1ccc(OC(C)C)c2ncccc12)C1CC1. The molecule has 1 atom stereocenters. The maximum Gasteiger partial charge on any atom is 0.256 e. The van der Waals surface area contributed by atoms with E-state index in [1.165, 1.54) is 0 Å². The van der Waals surface area contributed by atoms with Gasteiger partial charge in [0.05, 0.1) is 11.8 Å². The first-order chi connectivity index (χ1) is 12.0. The van der Waals surface area contributed by atoms with Crippen LogP contribution in [0.25, 0.3) is 10.9 Å². The molecular weight excluding hydrogens is 316 g/mol. The summed E-state index contributed by atoms with van der Waals surface area (Å²) in [4.78, 5) is 17.4. The van der Waals surface area contributed by atoms with Crippen molar-refractivity contribution in [3.63, 3.8) is 0 Å². The second-order valence-corrected chi connectivity index (χ2v) is 6.95. The minimum absolute atomic E-state index is 0.0572. The topological polar surface area (TPSA) is 60.5 Å². The van der Waals surface area contributed by atoms with Gasteiger partial charge in [-0.25, -0.2) is 0 Å². The van der Waals surface area contributed by atoms with Crippen LogP contribution < -0.4 is 10.1 Å². The quantitative estimate of drug-likeness (QED) is 0.820. The maximum atomic E-state index is 12.9. The number of carbonyl (C=O) groups is 1.